The van der Waals surface area contributed by atoms with E-state index in [2.05, 4.69) is 10.5 Å². The summed E-state index contributed by atoms with van der Waals surface area (Å²) in [5, 5.41) is 14.4. The first-order valence-electron chi connectivity index (χ1n) is 10.2. The van der Waals surface area contributed by atoms with Crippen molar-refractivity contribution in [2.45, 2.75) is 38.8 Å². The highest BCUT2D eigenvalue weighted by Gasteiger charge is 2.25. The lowest BCUT2D eigenvalue weighted by molar-refractivity contribution is -0.143. The van der Waals surface area contributed by atoms with Gasteiger partial charge in [0.1, 0.15) is 23.1 Å². The van der Waals surface area contributed by atoms with E-state index in [1.807, 2.05) is 24.3 Å². The molecule has 0 aliphatic heterocycles. The van der Waals surface area contributed by atoms with Crippen molar-refractivity contribution in [1.29, 1.82) is 0 Å². The van der Waals surface area contributed by atoms with Crippen molar-refractivity contribution >= 4 is 18.3 Å². The summed E-state index contributed by atoms with van der Waals surface area (Å²) < 4.78 is 21.1. The van der Waals surface area contributed by atoms with Crippen molar-refractivity contribution in [3.8, 4) is 22.6 Å². The quantitative estimate of drug-likeness (QED) is 0.268. The molecule has 2 rings (SSSR count). The third-order valence-corrected chi connectivity index (χ3v) is 4.59. The third kappa shape index (κ3) is 7.13. The zero-order valence-corrected chi connectivity index (χ0v) is 19.7. The number of methoxy groups -OCH3 is 3. The molecule has 0 aromatic heterocycles. The summed E-state index contributed by atoms with van der Waals surface area (Å²) in [7, 11) is 4.34. The van der Waals surface area contributed by atoms with E-state index < -0.39 is 23.7 Å². The van der Waals surface area contributed by atoms with Crippen LogP contribution in [0.5, 0.6) is 11.5 Å². The summed E-state index contributed by atoms with van der Waals surface area (Å²) in [5.74, 6) is 0.501. The molecular weight excluding hydrogens is 428 g/mol. The molecule has 9 nitrogen and oxygen atoms in total. The number of nitrogens with zero attached hydrogens (tertiary/aromatic N) is 1. The molecule has 0 radical (unpaired) electrons. The number of oxime groups is 1. The maximum atomic E-state index is 12.2. The zero-order valence-electron chi connectivity index (χ0n) is 19.7. The van der Waals surface area contributed by atoms with Gasteiger partial charge >= 0.3 is 12.1 Å². The number of benzene rings is 2. The Morgan fingerprint density at radius 1 is 1.06 bits per heavy atom. The smallest absolute Gasteiger partial charge is 0.408 e. The molecule has 0 saturated heterocycles. The van der Waals surface area contributed by atoms with Crippen LogP contribution >= 0.6 is 0 Å². The minimum absolute atomic E-state index is 0.215. The third-order valence-electron chi connectivity index (χ3n) is 4.59. The fourth-order valence-corrected chi connectivity index (χ4v) is 3.19. The Labute approximate surface area is 193 Å². The number of carbonyl (C=O) groups excluding carboxylic acids is 2. The number of nitrogens with one attached hydrogen (secondary N) is 1. The molecule has 0 spiro atoms. The highest BCUT2D eigenvalue weighted by atomic mass is 16.6. The van der Waals surface area contributed by atoms with Gasteiger partial charge in [-0.25, -0.2) is 9.59 Å². The molecular formula is C24H30N2O7. The molecule has 0 heterocycles. The number of hydrogen-bond acceptors (Lipinski definition) is 8. The summed E-state index contributed by atoms with van der Waals surface area (Å²) >= 11 is 0. The molecule has 2 aromatic carbocycles. The van der Waals surface area contributed by atoms with Crippen LogP contribution in [0.1, 0.15) is 31.9 Å². The Morgan fingerprint density at radius 3 is 2.09 bits per heavy atom. The van der Waals surface area contributed by atoms with Crippen molar-refractivity contribution in [3.05, 3.63) is 47.5 Å². The van der Waals surface area contributed by atoms with E-state index >= 15 is 0 Å². The average Bonchev–Trinajstić information content (AvgIpc) is 2.77. The second-order valence-electron chi connectivity index (χ2n) is 8.17. The summed E-state index contributed by atoms with van der Waals surface area (Å²) in [6, 6.07) is 9.94. The van der Waals surface area contributed by atoms with Crippen LogP contribution in [0.15, 0.2) is 41.6 Å². The molecule has 2 aromatic rings. The van der Waals surface area contributed by atoms with E-state index in [0.717, 1.165) is 16.7 Å². The predicted molar refractivity (Wildman–Crippen MR) is 123 cm³/mol. The van der Waals surface area contributed by atoms with Crippen molar-refractivity contribution in [1.82, 2.24) is 5.32 Å². The maximum absolute atomic E-state index is 12.2. The lowest BCUT2D eigenvalue weighted by atomic mass is 9.98. The van der Waals surface area contributed by atoms with Gasteiger partial charge in [0.15, 0.2) is 0 Å². The number of alkyl carbamates (subject to hydrolysis) is 1. The second-order valence-corrected chi connectivity index (χ2v) is 8.17. The normalized spacial score (nSPS) is 12.2. The molecule has 178 valence electrons. The van der Waals surface area contributed by atoms with Gasteiger partial charge in [-0.1, -0.05) is 29.4 Å². The summed E-state index contributed by atoms with van der Waals surface area (Å²) in [6.07, 6.45) is 0.796. The molecule has 1 amide bonds. The number of ether oxygens (including phenoxy) is 4. The Bertz CT molecular complexity index is 970. The van der Waals surface area contributed by atoms with Crippen LogP contribution in [-0.4, -0.2) is 56.5 Å². The van der Waals surface area contributed by atoms with Crippen molar-refractivity contribution in [2.24, 2.45) is 5.16 Å². The number of hydrogen-bond donors (Lipinski definition) is 2. The van der Waals surface area contributed by atoms with Gasteiger partial charge in [0, 0.05) is 12.0 Å². The number of esters is 1. The minimum atomic E-state index is -0.906. The lowest BCUT2D eigenvalue weighted by Gasteiger charge is -2.22. The van der Waals surface area contributed by atoms with Crippen LogP contribution in [0, 0.1) is 0 Å². The van der Waals surface area contributed by atoms with Crippen LogP contribution < -0.4 is 14.8 Å². The largest absolute Gasteiger partial charge is 0.496 e. The maximum Gasteiger partial charge on any atom is 0.408 e. The summed E-state index contributed by atoms with van der Waals surface area (Å²) in [5.41, 5.74) is 2.25. The van der Waals surface area contributed by atoms with Gasteiger partial charge in [-0.2, -0.15) is 0 Å². The molecule has 1 atom stereocenters. The highest BCUT2D eigenvalue weighted by Crippen LogP contribution is 2.39. The monoisotopic (exact) mass is 458 g/mol. The molecule has 0 fully saturated rings. The fourth-order valence-electron chi connectivity index (χ4n) is 3.19. The van der Waals surface area contributed by atoms with E-state index in [1.54, 1.807) is 32.9 Å². The van der Waals surface area contributed by atoms with E-state index in [0.29, 0.717) is 17.1 Å². The zero-order chi connectivity index (χ0) is 24.6. The minimum Gasteiger partial charge on any atom is -0.496 e. The van der Waals surface area contributed by atoms with Crippen LogP contribution in [0.3, 0.4) is 0 Å². The molecule has 2 N–H and O–H groups in total. The Hall–Kier alpha value is -3.75. The molecule has 0 aliphatic carbocycles. The van der Waals surface area contributed by atoms with Crippen LogP contribution in [0.2, 0.25) is 0 Å². The summed E-state index contributed by atoms with van der Waals surface area (Å²) in [4.78, 5) is 24.3. The number of amides is 1. The van der Waals surface area contributed by atoms with Crippen LogP contribution in [0.4, 0.5) is 4.79 Å². The van der Waals surface area contributed by atoms with E-state index in [-0.39, 0.29) is 6.42 Å². The van der Waals surface area contributed by atoms with Crippen LogP contribution in [-0.2, 0) is 20.7 Å². The Kier molecular flexibility index (Phi) is 8.67. The molecule has 1 unspecified atom stereocenters. The first-order valence-corrected chi connectivity index (χ1v) is 10.2. The average molecular weight is 459 g/mol. The van der Waals surface area contributed by atoms with Gasteiger partial charge < -0.3 is 29.5 Å². The molecule has 0 bridgehead atoms. The highest BCUT2D eigenvalue weighted by molar-refractivity contribution is 5.86. The molecule has 33 heavy (non-hydrogen) atoms. The van der Waals surface area contributed by atoms with Crippen molar-refractivity contribution in [3.63, 3.8) is 0 Å². The topological polar surface area (TPSA) is 116 Å². The van der Waals surface area contributed by atoms with Gasteiger partial charge in [-0.15, -0.1) is 0 Å². The fraction of sp³-hybridized carbons (Fsp3) is 0.375. The summed E-state index contributed by atoms with van der Waals surface area (Å²) in [6.45, 7) is 5.22. The van der Waals surface area contributed by atoms with E-state index in [4.69, 9.17) is 24.2 Å². The first-order chi connectivity index (χ1) is 15.6. The van der Waals surface area contributed by atoms with Crippen molar-refractivity contribution < 1.29 is 33.7 Å². The van der Waals surface area contributed by atoms with Crippen molar-refractivity contribution in [2.75, 3.05) is 21.3 Å². The first kappa shape index (κ1) is 25.5. The standard InChI is InChI=1S/C24H30N2O7/c1-24(2,3)33-23(28)26-18(22(27)32-6)11-15-7-9-17(10-8-15)21-19(30-4)12-16(14-25-29)13-20(21)31-5/h7-10,12-14,18,29H,11H2,1-6H3,(H,26,28). The van der Waals surface area contributed by atoms with Gasteiger partial charge in [0.25, 0.3) is 0 Å². The van der Waals surface area contributed by atoms with Gasteiger partial charge in [0.2, 0.25) is 0 Å². The SMILES string of the molecule is COC(=O)C(Cc1ccc(-c2c(OC)cc(C=NO)cc2OC)cc1)NC(=O)OC(C)(C)C. The van der Waals surface area contributed by atoms with E-state index in [9.17, 15) is 9.59 Å². The molecule has 0 aliphatic rings. The Morgan fingerprint density at radius 2 is 1.64 bits per heavy atom. The molecule has 0 saturated carbocycles. The van der Waals surface area contributed by atoms with E-state index in [1.165, 1.54) is 27.5 Å². The predicted octanol–water partition coefficient (Wildman–Crippen LogP) is 3.79. The lowest BCUT2D eigenvalue weighted by Crippen LogP contribution is -2.45. The molecule has 9 heteroatoms. The van der Waals surface area contributed by atoms with Gasteiger partial charge in [0.05, 0.1) is 33.1 Å². The number of carbonyl (C=O) groups is 2. The van der Waals surface area contributed by atoms with Gasteiger partial charge in [-0.05, 0) is 44.0 Å². The second kappa shape index (κ2) is 11.2. The van der Waals surface area contributed by atoms with Gasteiger partial charge in [-0.3, -0.25) is 0 Å². The number of rotatable bonds is 8. The Balaban J connectivity index is 2.30. The van der Waals surface area contributed by atoms with Crippen LogP contribution in [0.25, 0.3) is 11.1 Å².